The van der Waals surface area contributed by atoms with Crippen LogP contribution in [0.3, 0.4) is 0 Å². The minimum Gasteiger partial charge on any atom is -0.368 e. The Bertz CT molecular complexity index is 503. The number of aromatic nitrogens is 3. The number of anilines is 2. The first kappa shape index (κ1) is 14.6. The van der Waals surface area contributed by atoms with Crippen molar-refractivity contribution in [2.45, 2.75) is 19.4 Å². The van der Waals surface area contributed by atoms with E-state index < -0.39 is 6.08 Å². The average molecular weight is 284 g/mol. The van der Waals surface area contributed by atoms with Gasteiger partial charge < -0.3 is 10.6 Å². The molecule has 6 nitrogen and oxygen atoms in total. The Kier molecular flexibility index (Phi) is 4.43. The lowest BCUT2D eigenvalue weighted by Crippen LogP contribution is -2.31. The van der Waals surface area contributed by atoms with Crippen molar-refractivity contribution in [3.8, 4) is 0 Å². The minimum atomic E-state index is -1.54. The van der Waals surface area contributed by atoms with E-state index in [9.17, 15) is 8.78 Å². The Morgan fingerprint density at radius 3 is 2.40 bits per heavy atom. The van der Waals surface area contributed by atoms with E-state index in [1.54, 1.807) is 4.90 Å². The largest absolute Gasteiger partial charge is 0.368 e. The zero-order valence-corrected chi connectivity index (χ0v) is 11.6. The summed E-state index contributed by atoms with van der Waals surface area (Å²) in [6, 6.07) is 0. The number of nitrogens with two attached hydrogens (primary N) is 1. The van der Waals surface area contributed by atoms with Crippen LogP contribution >= 0.6 is 0 Å². The van der Waals surface area contributed by atoms with Crippen molar-refractivity contribution in [1.29, 1.82) is 0 Å². The molecule has 0 spiro atoms. The maximum atomic E-state index is 12.5. The third kappa shape index (κ3) is 3.60. The summed E-state index contributed by atoms with van der Waals surface area (Å²) >= 11 is 0. The molecule has 20 heavy (non-hydrogen) atoms. The lowest BCUT2D eigenvalue weighted by molar-refractivity contribution is 0.234. The fraction of sp³-hybridized carbons (Fsp3) is 0.583. The number of hydrogen-bond acceptors (Lipinski definition) is 6. The van der Waals surface area contributed by atoms with Crippen LogP contribution < -0.4 is 10.6 Å². The normalized spacial score (nSPS) is 16.3. The van der Waals surface area contributed by atoms with Crippen LogP contribution in [0.4, 0.5) is 20.7 Å². The van der Waals surface area contributed by atoms with Gasteiger partial charge in [0.25, 0.3) is 6.08 Å². The summed E-state index contributed by atoms with van der Waals surface area (Å²) in [5.41, 5.74) is 5.91. The van der Waals surface area contributed by atoms with Crippen LogP contribution in [-0.2, 0) is 6.54 Å². The third-order valence-corrected chi connectivity index (χ3v) is 3.18. The maximum absolute atomic E-state index is 12.5. The zero-order valence-electron chi connectivity index (χ0n) is 11.6. The number of rotatable bonds is 3. The molecular weight excluding hydrogens is 266 g/mol. The molecule has 1 aliphatic heterocycles. The molecule has 1 aliphatic rings. The molecule has 2 heterocycles. The molecule has 1 aromatic heterocycles. The van der Waals surface area contributed by atoms with Gasteiger partial charge in [-0.2, -0.15) is 23.7 Å². The van der Waals surface area contributed by atoms with Crippen molar-refractivity contribution >= 4 is 11.9 Å². The molecule has 110 valence electrons. The summed E-state index contributed by atoms with van der Waals surface area (Å²) in [6.07, 6.45) is -0.753. The number of halogens is 2. The average Bonchev–Trinajstić information content (AvgIpc) is 2.38. The van der Waals surface area contributed by atoms with Gasteiger partial charge in [0.1, 0.15) is 5.82 Å². The summed E-state index contributed by atoms with van der Waals surface area (Å²) in [5.74, 6) is 1.24. The summed E-state index contributed by atoms with van der Waals surface area (Å²) in [6.45, 7) is 1.65. The topological polar surface area (TPSA) is 71.2 Å². The molecular formula is C12H18F2N6. The van der Waals surface area contributed by atoms with Crippen LogP contribution in [0.25, 0.3) is 0 Å². The first-order chi connectivity index (χ1) is 9.45. The van der Waals surface area contributed by atoms with Gasteiger partial charge in [0.15, 0.2) is 0 Å². The molecule has 2 N–H and O–H groups in total. The SMILES string of the molecule is CN(C)c1nc(N)nc(CN2CCC(=C(F)F)CC2)n1. The predicted octanol–water partition coefficient (Wildman–Crippen LogP) is 1.27. The zero-order chi connectivity index (χ0) is 14.7. The Morgan fingerprint density at radius 1 is 1.20 bits per heavy atom. The molecule has 0 saturated carbocycles. The first-order valence-electron chi connectivity index (χ1n) is 6.39. The van der Waals surface area contributed by atoms with E-state index in [4.69, 9.17) is 5.73 Å². The second kappa shape index (κ2) is 6.08. The Morgan fingerprint density at radius 2 is 1.85 bits per heavy atom. The lowest BCUT2D eigenvalue weighted by atomic mass is 10.1. The van der Waals surface area contributed by atoms with E-state index in [0.717, 1.165) is 0 Å². The lowest BCUT2D eigenvalue weighted by Gasteiger charge is -2.27. The molecule has 0 amide bonds. The molecule has 0 radical (unpaired) electrons. The van der Waals surface area contributed by atoms with Crippen LogP contribution in [0.1, 0.15) is 18.7 Å². The van der Waals surface area contributed by atoms with Gasteiger partial charge in [-0.15, -0.1) is 0 Å². The highest BCUT2D eigenvalue weighted by Crippen LogP contribution is 2.22. The number of nitrogen functional groups attached to an aromatic ring is 1. The second-order valence-electron chi connectivity index (χ2n) is 4.94. The van der Waals surface area contributed by atoms with Gasteiger partial charge >= 0.3 is 0 Å². The van der Waals surface area contributed by atoms with Gasteiger partial charge in [-0.1, -0.05) is 0 Å². The van der Waals surface area contributed by atoms with Gasteiger partial charge in [-0.25, -0.2) is 0 Å². The monoisotopic (exact) mass is 284 g/mol. The highest BCUT2D eigenvalue weighted by molar-refractivity contribution is 5.32. The molecule has 1 fully saturated rings. The number of hydrogen-bond donors (Lipinski definition) is 1. The van der Waals surface area contributed by atoms with Crippen molar-refractivity contribution in [2.75, 3.05) is 37.8 Å². The standard InChI is InChI=1S/C12H18F2N6/c1-19(2)12-17-9(16-11(15)18-12)7-20-5-3-8(4-6-20)10(13)14/h3-7H2,1-2H3,(H2,15,16,17,18). The highest BCUT2D eigenvalue weighted by Gasteiger charge is 2.19. The van der Waals surface area contributed by atoms with Crippen molar-refractivity contribution in [3.63, 3.8) is 0 Å². The molecule has 8 heteroatoms. The van der Waals surface area contributed by atoms with Crippen molar-refractivity contribution < 1.29 is 8.78 Å². The fourth-order valence-corrected chi connectivity index (χ4v) is 2.07. The Hall–Kier alpha value is -1.83. The van der Waals surface area contributed by atoms with E-state index in [1.807, 2.05) is 19.0 Å². The molecule has 1 saturated heterocycles. The fourth-order valence-electron chi connectivity index (χ4n) is 2.07. The highest BCUT2D eigenvalue weighted by atomic mass is 19.3. The second-order valence-corrected chi connectivity index (χ2v) is 4.94. The first-order valence-corrected chi connectivity index (χ1v) is 6.39. The van der Waals surface area contributed by atoms with Crippen LogP contribution in [-0.4, -0.2) is 47.0 Å². The minimum absolute atomic E-state index is 0.172. The molecule has 1 aromatic rings. The van der Waals surface area contributed by atoms with E-state index in [2.05, 4.69) is 15.0 Å². The smallest absolute Gasteiger partial charge is 0.269 e. The molecule has 2 rings (SSSR count). The summed E-state index contributed by atoms with van der Waals surface area (Å²) in [4.78, 5) is 16.2. The van der Waals surface area contributed by atoms with Crippen LogP contribution in [0.2, 0.25) is 0 Å². The van der Waals surface area contributed by atoms with E-state index in [0.29, 0.717) is 44.2 Å². The maximum Gasteiger partial charge on any atom is 0.269 e. The van der Waals surface area contributed by atoms with Crippen molar-refractivity contribution in [2.24, 2.45) is 0 Å². The van der Waals surface area contributed by atoms with Gasteiger partial charge in [0, 0.05) is 27.2 Å². The predicted molar refractivity (Wildman–Crippen MR) is 72.3 cm³/mol. The molecule has 0 bridgehead atoms. The number of piperidine rings is 1. The van der Waals surface area contributed by atoms with E-state index in [1.165, 1.54) is 0 Å². The van der Waals surface area contributed by atoms with E-state index in [-0.39, 0.29) is 11.5 Å². The third-order valence-electron chi connectivity index (χ3n) is 3.18. The summed E-state index contributed by atoms with van der Waals surface area (Å²) < 4.78 is 25.0. The Balaban J connectivity index is 2.03. The quantitative estimate of drug-likeness (QED) is 0.901. The van der Waals surface area contributed by atoms with Gasteiger partial charge in [-0.05, 0) is 18.4 Å². The van der Waals surface area contributed by atoms with Crippen LogP contribution in [0.15, 0.2) is 11.7 Å². The number of nitrogens with zero attached hydrogens (tertiary/aromatic N) is 5. The molecule has 0 unspecified atom stereocenters. The number of likely N-dealkylation sites (tertiary alicyclic amines) is 1. The van der Waals surface area contributed by atoms with Crippen molar-refractivity contribution in [3.05, 3.63) is 17.5 Å². The van der Waals surface area contributed by atoms with Gasteiger partial charge in [-0.3, -0.25) is 4.90 Å². The van der Waals surface area contributed by atoms with E-state index >= 15 is 0 Å². The van der Waals surface area contributed by atoms with Crippen molar-refractivity contribution in [1.82, 2.24) is 19.9 Å². The Labute approximate surface area is 116 Å². The van der Waals surface area contributed by atoms with Crippen LogP contribution in [0, 0.1) is 0 Å². The molecule has 0 atom stereocenters. The van der Waals surface area contributed by atoms with Gasteiger partial charge in [0.05, 0.1) is 6.54 Å². The summed E-state index contributed by atoms with van der Waals surface area (Å²) in [7, 11) is 3.64. The van der Waals surface area contributed by atoms with Crippen LogP contribution in [0.5, 0.6) is 0 Å². The summed E-state index contributed by atoms with van der Waals surface area (Å²) in [5, 5.41) is 0. The van der Waals surface area contributed by atoms with Gasteiger partial charge in [0.2, 0.25) is 11.9 Å². The molecule has 0 aromatic carbocycles. The molecule has 0 aliphatic carbocycles.